The molecule has 0 atom stereocenters. The van der Waals surface area contributed by atoms with Gasteiger partial charge in [0.25, 0.3) is 5.69 Å². The highest BCUT2D eigenvalue weighted by molar-refractivity contribution is 5.66. The molecule has 0 radical (unpaired) electrons. The normalized spacial score (nSPS) is 10.6. The lowest BCUT2D eigenvalue weighted by Gasteiger charge is -2.22. The van der Waals surface area contributed by atoms with Crippen LogP contribution in [0.2, 0.25) is 0 Å². The highest BCUT2D eigenvalue weighted by Crippen LogP contribution is 2.35. The molecule has 9 heteroatoms. The van der Waals surface area contributed by atoms with Crippen LogP contribution < -0.4 is 14.2 Å². The summed E-state index contributed by atoms with van der Waals surface area (Å²) in [6, 6.07) is 10.2. The minimum atomic E-state index is -0.938. The Morgan fingerprint density at radius 3 is 2.17 bits per heavy atom. The Bertz CT molecular complexity index is 853. The van der Waals surface area contributed by atoms with Crippen LogP contribution in [0.15, 0.2) is 36.4 Å². The van der Waals surface area contributed by atoms with E-state index in [2.05, 4.69) is 0 Å². The van der Waals surface area contributed by atoms with Crippen LogP contribution in [0, 0.1) is 10.1 Å². The van der Waals surface area contributed by atoms with Crippen LogP contribution in [0.3, 0.4) is 0 Å². The van der Waals surface area contributed by atoms with Crippen molar-refractivity contribution >= 4 is 11.7 Å². The summed E-state index contributed by atoms with van der Waals surface area (Å²) < 4.78 is 15.6. The van der Waals surface area contributed by atoms with Crippen LogP contribution in [0.25, 0.3) is 0 Å². The first-order valence-electron chi connectivity index (χ1n) is 8.84. The van der Waals surface area contributed by atoms with Crippen molar-refractivity contribution in [2.24, 2.45) is 0 Å². The third kappa shape index (κ3) is 6.08. The van der Waals surface area contributed by atoms with Crippen LogP contribution in [-0.4, -0.2) is 48.8 Å². The van der Waals surface area contributed by atoms with E-state index in [9.17, 15) is 14.9 Å². The summed E-state index contributed by atoms with van der Waals surface area (Å²) in [5, 5.41) is 20.6. The van der Waals surface area contributed by atoms with Crippen molar-refractivity contribution in [3.8, 4) is 17.2 Å². The molecule has 0 amide bonds. The quantitative estimate of drug-likeness (QED) is 0.449. The molecule has 0 bridgehead atoms. The number of nitro groups is 1. The van der Waals surface area contributed by atoms with Gasteiger partial charge in [0.2, 0.25) is 0 Å². The highest BCUT2D eigenvalue weighted by atomic mass is 16.6. The van der Waals surface area contributed by atoms with Crippen LogP contribution in [0.4, 0.5) is 5.69 Å². The fraction of sp³-hybridized carbons (Fsp3) is 0.350. The maximum Gasteiger partial charge on any atom is 0.304 e. The Hall–Kier alpha value is -3.33. The van der Waals surface area contributed by atoms with E-state index < -0.39 is 10.9 Å². The average molecular weight is 404 g/mol. The van der Waals surface area contributed by atoms with Crippen LogP contribution >= 0.6 is 0 Å². The van der Waals surface area contributed by atoms with Gasteiger partial charge in [-0.25, -0.2) is 0 Å². The van der Waals surface area contributed by atoms with Crippen molar-refractivity contribution in [2.75, 3.05) is 27.9 Å². The van der Waals surface area contributed by atoms with Crippen molar-refractivity contribution in [1.82, 2.24) is 4.90 Å². The number of aliphatic carboxylic acids is 1. The molecule has 1 N–H and O–H groups in total. The van der Waals surface area contributed by atoms with Gasteiger partial charge in [-0.15, -0.1) is 0 Å². The van der Waals surface area contributed by atoms with E-state index in [1.165, 1.54) is 20.3 Å². The van der Waals surface area contributed by atoms with Crippen LogP contribution in [-0.2, 0) is 17.9 Å². The molecule has 0 fully saturated rings. The molecule has 0 heterocycles. The minimum Gasteiger partial charge on any atom is -0.497 e. The minimum absolute atomic E-state index is 0.0861. The van der Waals surface area contributed by atoms with Gasteiger partial charge in [0.15, 0.2) is 11.5 Å². The molecule has 0 aliphatic heterocycles. The summed E-state index contributed by atoms with van der Waals surface area (Å²) in [5.74, 6) is 0.402. The molecule has 2 rings (SSSR count). The number of rotatable bonds is 11. The van der Waals surface area contributed by atoms with Crippen molar-refractivity contribution in [3.05, 3.63) is 57.6 Å². The van der Waals surface area contributed by atoms with Gasteiger partial charge >= 0.3 is 5.97 Å². The molecular formula is C20H24N2O7. The molecule has 2 aromatic rings. The van der Waals surface area contributed by atoms with Gasteiger partial charge in [-0.2, -0.15) is 0 Å². The number of hydrogen-bond acceptors (Lipinski definition) is 7. The van der Waals surface area contributed by atoms with Gasteiger partial charge in [0.1, 0.15) is 5.75 Å². The topological polar surface area (TPSA) is 111 Å². The molecule has 0 saturated carbocycles. The zero-order valence-electron chi connectivity index (χ0n) is 16.6. The number of carbonyl (C=O) groups is 1. The number of benzene rings is 2. The Morgan fingerprint density at radius 1 is 1.03 bits per heavy atom. The molecule has 2 aromatic carbocycles. The fourth-order valence-electron chi connectivity index (χ4n) is 2.90. The maximum atomic E-state index is 11.5. The number of nitro benzene ring substituents is 1. The van der Waals surface area contributed by atoms with Gasteiger partial charge in [0, 0.05) is 25.2 Å². The SMILES string of the molecule is COc1ccc(CN(CCC(=O)O)Cc2cc(OC)c(OC)cc2[N+](=O)[O-])cc1. The fourth-order valence-corrected chi connectivity index (χ4v) is 2.90. The smallest absolute Gasteiger partial charge is 0.304 e. The predicted molar refractivity (Wildman–Crippen MR) is 106 cm³/mol. The maximum absolute atomic E-state index is 11.5. The molecular weight excluding hydrogens is 380 g/mol. The average Bonchev–Trinajstić information content (AvgIpc) is 2.71. The van der Waals surface area contributed by atoms with Gasteiger partial charge < -0.3 is 19.3 Å². The third-order valence-corrected chi connectivity index (χ3v) is 4.38. The third-order valence-electron chi connectivity index (χ3n) is 4.38. The molecule has 0 aliphatic rings. The first kappa shape index (κ1) is 22.0. The second-order valence-corrected chi connectivity index (χ2v) is 6.30. The van der Waals surface area contributed by atoms with Gasteiger partial charge in [-0.3, -0.25) is 19.8 Å². The van der Waals surface area contributed by atoms with Gasteiger partial charge in [-0.1, -0.05) is 12.1 Å². The first-order valence-corrected chi connectivity index (χ1v) is 8.84. The predicted octanol–water partition coefficient (Wildman–Crippen LogP) is 3.10. The van der Waals surface area contributed by atoms with Gasteiger partial charge in [-0.05, 0) is 23.8 Å². The van der Waals surface area contributed by atoms with E-state index >= 15 is 0 Å². The number of carboxylic acid groups (broad SMARTS) is 1. The lowest BCUT2D eigenvalue weighted by molar-refractivity contribution is -0.385. The first-order chi connectivity index (χ1) is 13.9. The Kier molecular flexibility index (Phi) is 7.79. The molecule has 9 nitrogen and oxygen atoms in total. The molecule has 0 spiro atoms. The largest absolute Gasteiger partial charge is 0.497 e. The Labute approximate surface area is 168 Å². The standard InChI is InChI=1S/C20H24N2O7/c1-27-16-6-4-14(5-7-16)12-21(9-8-20(23)24)13-15-10-18(28-2)19(29-3)11-17(15)22(25)26/h4-7,10-11H,8-9,12-13H2,1-3H3,(H,23,24). The van der Waals surface area contributed by atoms with Crippen molar-refractivity contribution in [2.45, 2.75) is 19.5 Å². The van der Waals surface area contributed by atoms with E-state index in [1.807, 2.05) is 29.2 Å². The summed E-state index contributed by atoms with van der Waals surface area (Å²) >= 11 is 0. The second kappa shape index (κ2) is 10.3. The summed E-state index contributed by atoms with van der Waals surface area (Å²) in [4.78, 5) is 24.0. The molecule has 156 valence electrons. The van der Waals surface area contributed by atoms with E-state index in [0.29, 0.717) is 23.6 Å². The molecule has 0 unspecified atom stereocenters. The van der Waals surface area contributed by atoms with Gasteiger partial charge in [0.05, 0.1) is 38.7 Å². The highest BCUT2D eigenvalue weighted by Gasteiger charge is 2.22. The van der Waals surface area contributed by atoms with E-state index in [0.717, 1.165) is 5.56 Å². The number of hydrogen-bond donors (Lipinski definition) is 1. The Morgan fingerprint density at radius 2 is 1.66 bits per heavy atom. The van der Waals surface area contributed by atoms with Crippen molar-refractivity contribution in [3.63, 3.8) is 0 Å². The van der Waals surface area contributed by atoms with Crippen LogP contribution in [0.5, 0.6) is 17.2 Å². The zero-order chi connectivity index (χ0) is 21.4. The van der Waals surface area contributed by atoms with Crippen molar-refractivity contribution < 1.29 is 29.0 Å². The molecule has 0 saturated heterocycles. The summed E-state index contributed by atoms with van der Waals surface area (Å²) in [5.41, 5.74) is 1.23. The zero-order valence-corrected chi connectivity index (χ0v) is 16.6. The Balaban J connectivity index is 2.33. The molecule has 29 heavy (non-hydrogen) atoms. The van der Waals surface area contributed by atoms with E-state index in [1.54, 1.807) is 13.2 Å². The van der Waals surface area contributed by atoms with E-state index in [4.69, 9.17) is 19.3 Å². The number of methoxy groups -OCH3 is 3. The molecule has 0 aromatic heterocycles. The second-order valence-electron chi connectivity index (χ2n) is 6.30. The summed E-state index contributed by atoms with van der Waals surface area (Å²) in [6.07, 6.45) is -0.0861. The van der Waals surface area contributed by atoms with Crippen molar-refractivity contribution in [1.29, 1.82) is 0 Å². The lowest BCUT2D eigenvalue weighted by atomic mass is 10.1. The lowest BCUT2D eigenvalue weighted by Crippen LogP contribution is -2.26. The molecule has 0 aliphatic carbocycles. The summed E-state index contributed by atoms with van der Waals surface area (Å²) in [7, 11) is 4.43. The monoisotopic (exact) mass is 404 g/mol. The van der Waals surface area contributed by atoms with Crippen LogP contribution in [0.1, 0.15) is 17.5 Å². The number of ether oxygens (including phenoxy) is 3. The van der Waals surface area contributed by atoms with E-state index in [-0.39, 0.29) is 30.9 Å². The number of carboxylic acids is 1. The number of nitrogens with zero attached hydrogens (tertiary/aromatic N) is 2. The summed E-state index contributed by atoms with van der Waals surface area (Å²) in [6.45, 7) is 0.825.